The van der Waals surface area contributed by atoms with Crippen LogP contribution >= 0.6 is 15.9 Å². The quantitative estimate of drug-likeness (QED) is 0.757. The zero-order valence-corrected chi connectivity index (χ0v) is 13.4. The van der Waals surface area contributed by atoms with Crippen molar-refractivity contribution in [2.45, 2.75) is 19.3 Å². The molecule has 1 N–H and O–H groups in total. The van der Waals surface area contributed by atoms with Gasteiger partial charge in [-0.1, -0.05) is 37.3 Å². The maximum absolute atomic E-state index is 4.44. The Balaban J connectivity index is 1.81. The number of nitrogens with zero attached hydrogens (tertiary/aromatic N) is 3. The van der Waals surface area contributed by atoms with Gasteiger partial charge in [-0.25, -0.2) is 9.50 Å². The van der Waals surface area contributed by atoms with Crippen LogP contribution in [-0.4, -0.2) is 21.1 Å². The number of anilines is 1. The third kappa shape index (κ3) is 2.93. The highest BCUT2D eigenvalue weighted by atomic mass is 79.9. The monoisotopic (exact) mass is 344 g/mol. The summed E-state index contributed by atoms with van der Waals surface area (Å²) >= 11 is 3.52. The molecule has 1 atom stereocenters. The lowest BCUT2D eigenvalue weighted by atomic mass is 9.96. The molecule has 0 spiro atoms. The molecule has 0 fully saturated rings. The van der Waals surface area contributed by atoms with Crippen LogP contribution in [0.1, 0.15) is 24.8 Å². The summed E-state index contributed by atoms with van der Waals surface area (Å²) in [5.74, 6) is 1.33. The first-order valence-corrected chi connectivity index (χ1v) is 7.85. The molecule has 0 bridgehead atoms. The summed E-state index contributed by atoms with van der Waals surface area (Å²) in [5.41, 5.74) is 2.33. The van der Waals surface area contributed by atoms with Gasteiger partial charge in [0.1, 0.15) is 5.52 Å². The van der Waals surface area contributed by atoms with E-state index in [1.54, 1.807) is 12.4 Å². The van der Waals surface area contributed by atoms with Gasteiger partial charge in [0.25, 0.3) is 0 Å². The Hall–Kier alpha value is -1.88. The molecule has 0 saturated carbocycles. The highest BCUT2D eigenvalue weighted by molar-refractivity contribution is 9.10. The first-order valence-electron chi connectivity index (χ1n) is 7.06. The molecule has 21 heavy (non-hydrogen) atoms. The zero-order valence-electron chi connectivity index (χ0n) is 11.8. The van der Waals surface area contributed by atoms with Crippen LogP contribution in [0.5, 0.6) is 0 Å². The topological polar surface area (TPSA) is 42.2 Å². The van der Waals surface area contributed by atoms with Crippen molar-refractivity contribution in [3.05, 3.63) is 59.0 Å². The van der Waals surface area contributed by atoms with E-state index in [1.807, 2.05) is 10.7 Å². The van der Waals surface area contributed by atoms with Crippen molar-refractivity contribution in [3.63, 3.8) is 0 Å². The normalized spacial score (nSPS) is 12.5. The van der Waals surface area contributed by atoms with Crippen molar-refractivity contribution < 1.29 is 0 Å². The van der Waals surface area contributed by atoms with E-state index < -0.39 is 0 Å². The molecular formula is C16H17BrN4. The van der Waals surface area contributed by atoms with Crippen LogP contribution in [0.25, 0.3) is 5.52 Å². The average Bonchev–Trinajstić information content (AvgIpc) is 2.91. The molecule has 0 aliphatic heterocycles. The number of benzene rings is 1. The van der Waals surface area contributed by atoms with Gasteiger partial charge in [-0.05, 0) is 27.9 Å². The molecule has 4 nitrogen and oxygen atoms in total. The predicted molar refractivity (Wildman–Crippen MR) is 88.7 cm³/mol. The predicted octanol–water partition coefficient (Wildman–Crippen LogP) is 4.10. The van der Waals surface area contributed by atoms with E-state index in [0.717, 1.165) is 28.8 Å². The van der Waals surface area contributed by atoms with Crippen molar-refractivity contribution in [1.29, 1.82) is 0 Å². The summed E-state index contributed by atoms with van der Waals surface area (Å²) in [7, 11) is 0. The lowest BCUT2D eigenvalue weighted by Crippen LogP contribution is -2.13. The van der Waals surface area contributed by atoms with Gasteiger partial charge in [-0.15, -0.1) is 0 Å². The molecule has 3 aromatic rings. The van der Waals surface area contributed by atoms with E-state index in [2.05, 4.69) is 68.6 Å². The third-order valence-electron chi connectivity index (χ3n) is 3.67. The smallest absolute Gasteiger partial charge is 0.153 e. The number of rotatable bonds is 5. The van der Waals surface area contributed by atoms with E-state index in [9.17, 15) is 0 Å². The van der Waals surface area contributed by atoms with Crippen LogP contribution in [0.3, 0.4) is 0 Å². The largest absolute Gasteiger partial charge is 0.368 e. The van der Waals surface area contributed by atoms with Crippen LogP contribution in [0, 0.1) is 0 Å². The summed E-state index contributed by atoms with van der Waals surface area (Å²) in [6, 6.07) is 10.6. The second-order valence-corrected chi connectivity index (χ2v) is 5.81. The number of nitrogens with one attached hydrogen (secondary N) is 1. The standard InChI is InChI=1S/C16H17BrN4/c1-2-12(13-6-4-3-5-7-13)10-19-16-15-14(17)11-20-21(15)9-8-18-16/h3-9,11-12H,2,10H2,1H3,(H,18,19). The van der Waals surface area contributed by atoms with E-state index in [1.165, 1.54) is 5.56 Å². The van der Waals surface area contributed by atoms with Crippen molar-refractivity contribution >= 4 is 27.3 Å². The van der Waals surface area contributed by atoms with Crippen molar-refractivity contribution in [2.24, 2.45) is 0 Å². The van der Waals surface area contributed by atoms with Gasteiger partial charge in [0.15, 0.2) is 5.82 Å². The molecule has 2 aromatic heterocycles. The van der Waals surface area contributed by atoms with Crippen LogP contribution in [0.15, 0.2) is 53.4 Å². The Bertz CT molecular complexity index is 723. The molecule has 0 amide bonds. The molecule has 5 heteroatoms. The first kappa shape index (κ1) is 14.1. The highest BCUT2D eigenvalue weighted by Gasteiger charge is 2.12. The summed E-state index contributed by atoms with van der Waals surface area (Å²) in [5, 5.41) is 7.74. The second kappa shape index (κ2) is 6.26. The fraction of sp³-hybridized carbons (Fsp3) is 0.250. The fourth-order valence-electron chi connectivity index (χ4n) is 2.48. The van der Waals surface area contributed by atoms with Gasteiger partial charge in [0, 0.05) is 24.9 Å². The van der Waals surface area contributed by atoms with E-state index >= 15 is 0 Å². The third-order valence-corrected chi connectivity index (χ3v) is 4.25. The van der Waals surface area contributed by atoms with Crippen molar-refractivity contribution in [2.75, 3.05) is 11.9 Å². The van der Waals surface area contributed by atoms with Gasteiger partial charge in [0.2, 0.25) is 0 Å². The number of halogens is 1. The van der Waals surface area contributed by atoms with Crippen LogP contribution in [-0.2, 0) is 0 Å². The Labute approximate surface area is 132 Å². The Morgan fingerprint density at radius 3 is 2.86 bits per heavy atom. The highest BCUT2D eigenvalue weighted by Crippen LogP contribution is 2.25. The fourth-order valence-corrected chi connectivity index (χ4v) is 2.94. The van der Waals surface area contributed by atoms with Crippen LogP contribution in [0.4, 0.5) is 5.82 Å². The lowest BCUT2D eigenvalue weighted by Gasteiger charge is -2.17. The average molecular weight is 345 g/mol. The summed E-state index contributed by atoms with van der Waals surface area (Å²) in [4.78, 5) is 4.44. The summed E-state index contributed by atoms with van der Waals surface area (Å²) in [6.07, 6.45) is 6.48. The number of aromatic nitrogens is 3. The molecule has 0 aliphatic rings. The number of hydrogen-bond acceptors (Lipinski definition) is 3. The Morgan fingerprint density at radius 1 is 1.29 bits per heavy atom. The molecule has 0 aliphatic carbocycles. The molecule has 1 unspecified atom stereocenters. The minimum atomic E-state index is 0.468. The second-order valence-electron chi connectivity index (χ2n) is 4.96. The van der Waals surface area contributed by atoms with Crippen LogP contribution < -0.4 is 5.32 Å². The van der Waals surface area contributed by atoms with E-state index in [4.69, 9.17) is 0 Å². The molecule has 2 heterocycles. The Kier molecular flexibility index (Phi) is 4.20. The van der Waals surface area contributed by atoms with E-state index in [0.29, 0.717) is 5.92 Å². The van der Waals surface area contributed by atoms with Gasteiger partial charge < -0.3 is 5.32 Å². The van der Waals surface area contributed by atoms with Crippen molar-refractivity contribution in [3.8, 4) is 0 Å². The van der Waals surface area contributed by atoms with Gasteiger partial charge in [-0.2, -0.15) is 5.10 Å². The maximum Gasteiger partial charge on any atom is 0.153 e. The summed E-state index contributed by atoms with van der Waals surface area (Å²) < 4.78 is 2.77. The maximum atomic E-state index is 4.44. The van der Waals surface area contributed by atoms with Crippen LogP contribution in [0.2, 0.25) is 0 Å². The van der Waals surface area contributed by atoms with Gasteiger partial charge in [-0.3, -0.25) is 0 Å². The lowest BCUT2D eigenvalue weighted by molar-refractivity contribution is 0.693. The first-order chi connectivity index (χ1) is 10.3. The minimum Gasteiger partial charge on any atom is -0.368 e. The molecule has 0 saturated heterocycles. The van der Waals surface area contributed by atoms with Crippen molar-refractivity contribution in [1.82, 2.24) is 14.6 Å². The van der Waals surface area contributed by atoms with Gasteiger partial charge in [0.05, 0.1) is 10.7 Å². The molecular weight excluding hydrogens is 328 g/mol. The molecule has 0 radical (unpaired) electrons. The minimum absolute atomic E-state index is 0.468. The number of hydrogen-bond donors (Lipinski definition) is 1. The molecule has 3 rings (SSSR count). The number of fused-ring (bicyclic) bond motifs is 1. The zero-order chi connectivity index (χ0) is 14.7. The van der Waals surface area contributed by atoms with Gasteiger partial charge >= 0.3 is 0 Å². The Morgan fingerprint density at radius 2 is 2.10 bits per heavy atom. The molecule has 1 aromatic carbocycles. The SMILES string of the molecule is CCC(CNc1nccn2ncc(Br)c12)c1ccccc1. The molecule has 108 valence electrons. The van der Waals surface area contributed by atoms with E-state index in [-0.39, 0.29) is 0 Å². The summed E-state index contributed by atoms with van der Waals surface area (Å²) in [6.45, 7) is 3.06.